The highest BCUT2D eigenvalue weighted by atomic mass is 32.1. The number of hydrogen-bond donors (Lipinski definition) is 4. The van der Waals surface area contributed by atoms with Crippen LogP contribution in [0, 0.1) is 0 Å². The zero-order valence-corrected chi connectivity index (χ0v) is 12.2. The Balaban J connectivity index is 2.15. The van der Waals surface area contributed by atoms with Crippen LogP contribution in [0.1, 0.15) is 12.1 Å². The normalized spacial score (nSPS) is 28.3. The summed E-state index contributed by atoms with van der Waals surface area (Å²) in [4.78, 5) is 12.3. The Hall–Kier alpha value is -1.72. The maximum absolute atomic E-state index is 10.2. The molecule has 5 N–H and O–H groups in total. The summed E-state index contributed by atoms with van der Waals surface area (Å²) in [5, 5.41) is 30.8. The van der Waals surface area contributed by atoms with Crippen LogP contribution in [0.4, 0.5) is 5.82 Å². The van der Waals surface area contributed by atoms with E-state index in [1.807, 2.05) is 0 Å². The third kappa shape index (κ3) is 2.25. The van der Waals surface area contributed by atoms with E-state index < -0.39 is 31.1 Å². The van der Waals surface area contributed by atoms with Crippen molar-refractivity contribution in [3.63, 3.8) is 0 Å². The smallest absolute Gasteiger partial charge is 0.167 e. The van der Waals surface area contributed by atoms with E-state index in [9.17, 15) is 15.3 Å². The quantitative estimate of drug-likeness (QED) is 0.498. The van der Waals surface area contributed by atoms with Crippen molar-refractivity contribution in [3.05, 3.63) is 12.2 Å². The second kappa shape index (κ2) is 5.82. The van der Waals surface area contributed by atoms with E-state index in [1.54, 1.807) is 0 Å². The fraction of sp³-hybridized carbons (Fsp3) is 0.500. The molecule has 2 aromatic heterocycles. The number of aliphatic hydroxyl groups is 3. The molecule has 1 aliphatic rings. The molecule has 1 aliphatic heterocycles. The van der Waals surface area contributed by atoms with Crippen molar-refractivity contribution in [1.82, 2.24) is 19.5 Å². The van der Waals surface area contributed by atoms with Crippen molar-refractivity contribution in [2.45, 2.75) is 31.0 Å². The highest BCUT2D eigenvalue weighted by Gasteiger charge is 2.44. The summed E-state index contributed by atoms with van der Waals surface area (Å²) in [5.74, 6) is 0.674. The van der Waals surface area contributed by atoms with Crippen molar-refractivity contribution in [3.8, 4) is 0 Å². The number of nitrogens with zero attached hydrogens (tertiary/aromatic N) is 4. The van der Waals surface area contributed by atoms with Gasteiger partial charge in [0.05, 0.1) is 6.61 Å². The highest BCUT2D eigenvalue weighted by Crippen LogP contribution is 2.33. The Morgan fingerprint density at radius 3 is 2.77 bits per heavy atom. The van der Waals surface area contributed by atoms with Gasteiger partial charge in [-0.3, -0.25) is 4.57 Å². The fourth-order valence-electron chi connectivity index (χ4n) is 2.55. The van der Waals surface area contributed by atoms with Gasteiger partial charge in [0.15, 0.2) is 23.2 Å². The van der Waals surface area contributed by atoms with E-state index in [4.69, 9.17) is 22.7 Å². The first kappa shape index (κ1) is 15.2. The maximum atomic E-state index is 10.2. The van der Waals surface area contributed by atoms with Gasteiger partial charge in [0.1, 0.15) is 30.5 Å². The number of hydrogen-bond acceptors (Lipinski definition) is 9. The maximum Gasteiger partial charge on any atom is 0.167 e. The molecule has 0 saturated carbocycles. The molecule has 1 fully saturated rings. The lowest BCUT2D eigenvalue weighted by Crippen LogP contribution is -2.33. The molecule has 0 unspecified atom stereocenters. The van der Waals surface area contributed by atoms with E-state index in [0.717, 1.165) is 0 Å². The van der Waals surface area contributed by atoms with Gasteiger partial charge in [-0.05, 0) is 5.37 Å². The molecule has 0 radical (unpaired) electrons. The Bertz CT molecular complexity index is 708. The summed E-state index contributed by atoms with van der Waals surface area (Å²) in [6.07, 6.45) is -2.70. The number of fused-ring (bicyclic) bond motifs is 1. The van der Waals surface area contributed by atoms with E-state index in [2.05, 4.69) is 15.0 Å². The summed E-state index contributed by atoms with van der Waals surface area (Å²) < 4.78 is 7.07. The molecule has 0 spiro atoms. The average Bonchev–Trinajstić information content (AvgIpc) is 3.00. The number of thiocarbonyl (C=S) groups is 1. The van der Waals surface area contributed by atoms with Gasteiger partial charge in [-0.1, -0.05) is 12.2 Å². The van der Waals surface area contributed by atoms with Crippen molar-refractivity contribution in [2.75, 3.05) is 12.3 Å². The van der Waals surface area contributed by atoms with E-state index in [-0.39, 0.29) is 5.82 Å². The summed E-state index contributed by atoms with van der Waals surface area (Å²) in [7, 11) is 0. The van der Waals surface area contributed by atoms with Crippen LogP contribution in [0.3, 0.4) is 0 Å². The summed E-state index contributed by atoms with van der Waals surface area (Å²) in [5.41, 5.74) is 6.53. The van der Waals surface area contributed by atoms with Crippen molar-refractivity contribution in [2.24, 2.45) is 0 Å². The topological polar surface area (TPSA) is 140 Å². The number of anilines is 1. The first-order chi connectivity index (χ1) is 10.6. The van der Waals surface area contributed by atoms with Crippen LogP contribution in [0.2, 0.25) is 0 Å². The number of aromatic nitrogens is 4. The largest absolute Gasteiger partial charge is 0.394 e. The SMILES string of the molecule is Nc1ncnc2c1nc(CC=S)n2[C@@H]1O[C@H](CO)[C@@H](O)[C@H]1O. The molecule has 1 saturated heterocycles. The monoisotopic (exact) mass is 325 g/mol. The molecule has 4 atom stereocenters. The van der Waals surface area contributed by atoms with Crippen LogP contribution < -0.4 is 5.73 Å². The molecule has 0 amide bonds. The Kier molecular flexibility index (Phi) is 4.02. The fourth-order valence-corrected chi connectivity index (χ4v) is 2.70. The standard InChI is InChI=1S/C12H15N5O4S/c13-10-7-11(15-4-14-10)17(6(16-7)1-2-22)12-9(20)8(19)5(3-18)21-12/h2,4-5,8-9,12,18-20H,1,3H2,(H2,13,14,15)/t5-,8-,9-,12-/m1/s1. The molecule has 9 nitrogen and oxygen atoms in total. The van der Waals surface area contributed by atoms with Crippen LogP contribution in [-0.4, -0.2) is 65.1 Å². The molecule has 118 valence electrons. The zero-order valence-electron chi connectivity index (χ0n) is 11.4. The minimum atomic E-state index is -1.24. The van der Waals surface area contributed by atoms with Gasteiger partial charge in [0, 0.05) is 6.42 Å². The molecule has 0 aromatic carbocycles. The predicted molar refractivity (Wildman–Crippen MR) is 80.1 cm³/mol. The lowest BCUT2D eigenvalue weighted by Gasteiger charge is -2.18. The first-order valence-corrected chi connectivity index (χ1v) is 7.09. The van der Waals surface area contributed by atoms with Gasteiger partial charge < -0.3 is 25.8 Å². The second-order valence-electron chi connectivity index (χ2n) is 4.93. The molecule has 2 aromatic rings. The van der Waals surface area contributed by atoms with Crippen LogP contribution in [0.25, 0.3) is 11.2 Å². The van der Waals surface area contributed by atoms with Gasteiger partial charge in [-0.25, -0.2) is 15.0 Å². The Labute approximate surface area is 130 Å². The molecule has 10 heteroatoms. The molecule has 3 heterocycles. The number of ether oxygens (including phenoxy) is 1. The summed E-state index contributed by atoms with van der Waals surface area (Å²) >= 11 is 4.87. The number of nitrogens with two attached hydrogens (primary N) is 1. The molecule has 0 bridgehead atoms. The molecular weight excluding hydrogens is 310 g/mol. The van der Waals surface area contributed by atoms with E-state index in [1.165, 1.54) is 16.3 Å². The van der Waals surface area contributed by atoms with Gasteiger partial charge >= 0.3 is 0 Å². The third-order valence-corrected chi connectivity index (χ3v) is 3.78. The van der Waals surface area contributed by atoms with Crippen molar-refractivity contribution in [1.29, 1.82) is 0 Å². The van der Waals surface area contributed by atoms with Crippen LogP contribution in [0.5, 0.6) is 0 Å². The van der Waals surface area contributed by atoms with Crippen LogP contribution in [0.15, 0.2) is 6.33 Å². The van der Waals surface area contributed by atoms with E-state index >= 15 is 0 Å². The van der Waals surface area contributed by atoms with Gasteiger partial charge in [-0.15, -0.1) is 0 Å². The second-order valence-corrected chi connectivity index (χ2v) is 5.26. The number of imidazole rings is 1. The minimum Gasteiger partial charge on any atom is -0.394 e. The average molecular weight is 325 g/mol. The number of aliphatic hydroxyl groups excluding tert-OH is 3. The van der Waals surface area contributed by atoms with E-state index in [0.29, 0.717) is 23.4 Å². The molecule has 22 heavy (non-hydrogen) atoms. The first-order valence-electron chi connectivity index (χ1n) is 6.61. The third-order valence-electron chi connectivity index (χ3n) is 3.62. The summed E-state index contributed by atoms with van der Waals surface area (Å²) in [6, 6.07) is 0. The van der Waals surface area contributed by atoms with Gasteiger partial charge in [0.2, 0.25) is 0 Å². The Morgan fingerprint density at radius 2 is 2.14 bits per heavy atom. The van der Waals surface area contributed by atoms with Crippen LogP contribution >= 0.6 is 12.2 Å². The van der Waals surface area contributed by atoms with Crippen LogP contribution in [-0.2, 0) is 11.2 Å². The number of rotatable bonds is 4. The highest BCUT2D eigenvalue weighted by molar-refractivity contribution is 7.78. The predicted octanol–water partition coefficient (Wildman–Crippen LogP) is -1.44. The Morgan fingerprint density at radius 1 is 1.36 bits per heavy atom. The lowest BCUT2D eigenvalue weighted by molar-refractivity contribution is -0.0520. The van der Waals surface area contributed by atoms with Crippen molar-refractivity contribution >= 4 is 34.6 Å². The number of nitrogen functional groups attached to an aromatic ring is 1. The summed E-state index contributed by atoms with van der Waals surface area (Å²) in [6.45, 7) is -0.416. The van der Waals surface area contributed by atoms with Gasteiger partial charge in [-0.2, -0.15) is 0 Å². The molecular formula is C12H15N5O4S. The minimum absolute atomic E-state index is 0.195. The zero-order chi connectivity index (χ0) is 15.9. The van der Waals surface area contributed by atoms with Gasteiger partial charge in [0.25, 0.3) is 0 Å². The molecule has 0 aliphatic carbocycles. The van der Waals surface area contributed by atoms with Crippen molar-refractivity contribution < 1.29 is 20.1 Å². The molecule has 3 rings (SSSR count). The lowest BCUT2D eigenvalue weighted by atomic mass is 10.1.